The minimum Gasteiger partial charge on any atom is -0.449 e. The molecule has 26 heavy (non-hydrogen) atoms. The van der Waals surface area contributed by atoms with Crippen molar-refractivity contribution in [2.45, 2.75) is 32.3 Å². The van der Waals surface area contributed by atoms with Crippen LogP contribution in [0.1, 0.15) is 34.8 Å². The number of rotatable bonds is 5. The number of aryl methyl sites for hydroxylation is 2. The van der Waals surface area contributed by atoms with Crippen molar-refractivity contribution in [1.82, 2.24) is 0 Å². The summed E-state index contributed by atoms with van der Waals surface area (Å²) in [7, 11) is 0. The van der Waals surface area contributed by atoms with Gasteiger partial charge in [0.15, 0.2) is 6.10 Å². The molecule has 0 aliphatic heterocycles. The van der Waals surface area contributed by atoms with Crippen molar-refractivity contribution in [3.63, 3.8) is 0 Å². The molecule has 1 N–H and O–H groups in total. The Hall–Kier alpha value is -3.22. The Morgan fingerprint density at radius 2 is 1.88 bits per heavy atom. The fourth-order valence-corrected chi connectivity index (χ4v) is 2.98. The quantitative estimate of drug-likeness (QED) is 0.505. The third-order valence-electron chi connectivity index (χ3n) is 4.34. The lowest BCUT2D eigenvalue weighted by molar-refractivity contribution is -0.385. The number of esters is 1. The molecule has 0 saturated heterocycles. The van der Waals surface area contributed by atoms with Gasteiger partial charge in [0.1, 0.15) is 5.56 Å². The van der Waals surface area contributed by atoms with E-state index < -0.39 is 22.9 Å². The van der Waals surface area contributed by atoms with Crippen molar-refractivity contribution in [3.05, 3.63) is 69.3 Å². The number of nitro benzene ring substituents is 1. The normalized spacial score (nSPS) is 13.6. The maximum atomic E-state index is 12.3. The Labute approximate surface area is 150 Å². The van der Waals surface area contributed by atoms with E-state index in [9.17, 15) is 19.7 Å². The molecule has 1 aliphatic carbocycles. The minimum absolute atomic E-state index is 0.185. The van der Waals surface area contributed by atoms with Crippen molar-refractivity contribution in [2.75, 3.05) is 5.32 Å². The van der Waals surface area contributed by atoms with Gasteiger partial charge in [-0.25, -0.2) is 4.79 Å². The second-order valence-corrected chi connectivity index (χ2v) is 6.15. The van der Waals surface area contributed by atoms with Gasteiger partial charge < -0.3 is 10.1 Å². The Kier molecular flexibility index (Phi) is 4.97. The lowest BCUT2D eigenvalue weighted by Gasteiger charge is -2.14. The van der Waals surface area contributed by atoms with Crippen LogP contribution >= 0.6 is 0 Å². The molecule has 1 aliphatic rings. The number of nitrogens with one attached hydrogen (secondary N) is 1. The fraction of sp³-hybridized carbons (Fsp3) is 0.263. The summed E-state index contributed by atoms with van der Waals surface area (Å²) in [6, 6.07) is 11.2. The highest BCUT2D eigenvalue weighted by molar-refractivity contribution is 5.98. The number of amides is 1. The number of nitro groups is 1. The van der Waals surface area contributed by atoms with Crippen LogP contribution in [0.2, 0.25) is 0 Å². The molecule has 0 heterocycles. The maximum Gasteiger partial charge on any atom is 0.345 e. The summed E-state index contributed by atoms with van der Waals surface area (Å²) >= 11 is 0. The van der Waals surface area contributed by atoms with E-state index in [4.69, 9.17) is 4.74 Å². The standard InChI is InChI=1S/C19H18N2O5/c1-12(26-19(23)16-7-2-3-8-17(16)21(24)25)18(22)20-15-10-9-13-5-4-6-14(13)11-15/h2-3,7-12H,4-6H2,1H3,(H,20,22). The average molecular weight is 354 g/mol. The van der Waals surface area contributed by atoms with Crippen LogP contribution in [0.15, 0.2) is 42.5 Å². The molecular weight excluding hydrogens is 336 g/mol. The SMILES string of the molecule is CC(OC(=O)c1ccccc1[N+](=O)[O-])C(=O)Nc1ccc2c(c1)CCC2. The first-order valence-corrected chi connectivity index (χ1v) is 8.33. The topological polar surface area (TPSA) is 98.5 Å². The van der Waals surface area contributed by atoms with Gasteiger partial charge in [-0.05, 0) is 55.5 Å². The van der Waals surface area contributed by atoms with Gasteiger partial charge in [0.2, 0.25) is 0 Å². The number of benzene rings is 2. The van der Waals surface area contributed by atoms with Gasteiger partial charge in [0.05, 0.1) is 4.92 Å². The Bertz CT molecular complexity index is 878. The number of anilines is 1. The monoisotopic (exact) mass is 354 g/mol. The molecule has 7 heteroatoms. The lowest BCUT2D eigenvalue weighted by Crippen LogP contribution is -2.30. The number of hydrogen-bond acceptors (Lipinski definition) is 5. The van der Waals surface area contributed by atoms with Crippen LogP contribution in [0, 0.1) is 10.1 Å². The molecule has 1 amide bonds. The van der Waals surface area contributed by atoms with Crippen molar-refractivity contribution in [1.29, 1.82) is 0 Å². The number of fused-ring (bicyclic) bond motifs is 1. The minimum atomic E-state index is -1.09. The molecule has 0 fully saturated rings. The molecule has 1 atom stereocenters. The summed E-state index contributed by atoms with van der Waals surface area (Å²) in [5.74, 6) is -1.40. The predicted molar refractivity (Wildman–Crippen MR) is 95.1 cm³/mol. The van der Waals surface area contributed by atoms with Gasteiger partial charge in [-0.2, -0.15) is 0 Å². The van der Waals surface area contributed by atoms with Crippen LogP contribution in [0.3, 0.4) is 0 Å². The molecule has 3 rings (SSSR count). The number of ether oxygens (including phenoxy) is 1. The van der Waals surface area contributed by atoms with Crippen LogP contribution in [0.25, 0.3) is 0 Å². The third-order valence-corrected chi connectivity index (χ3v) is 4.34. The lowest BCUT2D eigenvalue weighted by atomic mass is 10.1. The zero-order chi connectivity index (χ0) is 18.7. The van der Waals surface area contributed by atoms with Crippen molar-refractivity contribution in [3.8, 4) is 0 Å². The molecule has 1 unspecified atom stereocenters. The van der Waals surface area contributed by atoms with Crippen LogP contribution in [-0.2, 0) is 22.4 Å². The molecule has 0 bridgehead atoms. The largest absolute Gasteiger partial charge is 0.449 e. The molecule has 0 spiro atoms. The molecule has 2 aromatic rings. The van der Waals surface area contributed by atoms with Gasteiger partial charge in [-0.3, -0.25) is 14.9 Å². The zero-order valence-electron chi connectivity index (χ0n) is 14.2. The second kappa shape index (κ2) is 7.35. The number of nitrogens with zero attached hydrogens (tertiary/aromatic N) is 1. The molecule has 0 aromatic heterocycles. The molecule has 2 aromatic carbocycles. The summed E-state index contributed by atoms with van der Waals surface area (Å²) < 4.78 is 5.10. The van der Waals surface area contributed by atoms with Crippen LogP contribution < -0.4 is 5.32 Å². The first kappa shape index (κ1) is 17.6. The van der Waals surface area contributed by atoms with E-state index in [1.54, 1.807) is 0 Å². The summed E-state index contributed by atoms with van der Waals surface area (Å²) in [4.78, 5) is 34.8. The van der Waals surface area contributed by atoms with E-state index in [0.717, 1.165) is 19.3 Å². The molecule has 0 radical (unpaired) electrons. The van der Waals surface area contributed by atoms with Gasteiger partial charge in [0.25, 0.3) is 11.6 Å². The first-order chi connectivity index (χ1) is 12.5. The van der Waals surface area contributed by atoms with E-state index in [1.807, 2.05) is 18.2 Å². The molecule has 134 valence electrons. The average Bonchev–Trinajstić information content (AvgIpc) is 3.09. The van der Waals surface area contributed by atoms with E-state index in [1.165, 1.54) is 42.3 Å². The summed E-state index contributed by atoms with van der Waals surface area (Å²) in [5, 5.41) is 13.7. The van der Waals surface area contributed by atoms with Crippen LogP contribution in [0.4, 0.5) is 11.4 Å². The maximum absolute atomic E-state index is 12.3. The summed E-state index contributed by atoms with van der Waals surface area (Å²) in [6.07, 6.45) is 2.06. The van der Waals surface area contributed by atoms with Crippen molar-refractivity contribution < 1.29 is 19.2 Å². The fourth-order valence-electron chi connectivity index (χ4n) is 2.98. The van der Waals surface area contributed by atoms with Gasteiger partial charge in [-0.15, -0.1) is 0 Å². The van der Waals surface area contributed by atoms with Gasteiger partial charge in [0, 0.05) is 11.8 Å². The Balaban J connectivity index is 1.66. The number of hydrogen-bond donors (Lipinski definition) is 1. The van der Waals surface area contributed by atoms with Crippen molar-refractivity contribution in [2.24, 2.45) is 0 Å². The Morgan fingerprint density at radius 3 is 2.65 bits per heavy atom. The summed E-state index contributed by atoms with van der Waals surface area (Å²) in [5.41, 5.74) is 2.61. The van der Waals surface area contributed by atoms with Crippen molar-refractivity contribution >= 4 is 23.3 Å². The van der Waals surface area contributed by atoms with Crippen LogP contribution in [-0.4, -0.2) is 22.9 Å². The number of carbonyl (C=O) groups excluding carboxylic acids is 2. The van der Waals surface area contributed by atoms with E-state index >= 15 is 0 Å². The number of carbonyl (C=O) groups is 2. The van der Waals surface area contributed by atoms with Gasteiger partial charge >= 0.3 is 5.97 Å². The molecule has 0 saturated carbocycles. The first-order valence-electron chi connectivity index (χ1n) is 8.33. The smallest absolute Gasteiger partial charge is 0.345 e. The highest BCUT2D eigenvalue weighted by Gasteiger charge is 2.25. The summed E-state index contributed by atoms with van der Waals surface area (Å²) in [6.45, 7) is 1.43. The van der Waals surface area contributed by atoms with Gasteiger partial charge in [-0.1, -0.05) is 18.2 Å². The third kappa shape index (κ3) is 3.72. The predicted octanol–water partition coefficient (Wildman–Crippen LogP) is 3.27. The Morgan fingerprint density at radius 1 is 1.15 bits per heavy atom. The highest BCUT2D eigenvalue weighted by Crippen LogP contribution is 2.25. The van der Waals surface area contributed by atoms with E-state index in [-0.39, 0.29) is 11.3 Å². The second-order valence-electron chi connectivity index (χ2n) is 6.15. The van der Waals surface area contributed by atoms with E-state index in [0.29, 0.717) is 5.69 Å². The zero-order valence-corrected chi connectivity index (χ0v) is 14.2. The molecular formula is C19H18N2O5. The molecule has 7 nitrogen and oxygen atoms in total. The van der Waals surface area contributed by atoms with Crippen LogP contribution in [0.5, 0.6) is 0 Å². The van der Waals surface area contributed by atoms with E-state index in [2.05, 4.69) is 5.32 Å². The number of para-hydroxylation sites is 1. The highest BCUT2D eigenvalue weighted by atomic mass is 16.6.